The molecule has 2 aliphatic carbocycles. The van der Waals surface area contributed by atoms with Crippen molar-refractivity contribution < 1.29 is 0 Å². The summed E-state index contributed by atoms with van der Waals surface area (Å²) in [5.41, 5.74) is 22.1. The van der Waals surface area contributed by atoms with E-state index in [4.69, 9.17) is 0 Å². The maximum atomic E-state index is 2.40. The summed E-state index contributed by atoms with van der Waals surface area (Å²) in [5.74, 6) is 0. The lowest BCUT2D eigenvalue weighted by molar-refractivity contribution is 1.23. The fraction of sp³-hybridized carbons (Fsp3) is 0.0169. The average Bonchev–Trinajstić information content (AvgIpc) is 3.82. The molecule has 61 heavy (non-hydrogen) atoms. The molecule has 2 aliphatic rings. The standard InChI is InChI=1S/C59H42N2/c1-3-15-44(16-4-1)60(45-17-5-2-6-18-45)48-36-38-49(39-37-48)61(47-34-29-43(30-35-47)41-59-56-25-13-11-21-52(56)53-22-12-14-26-57(53)59)46-32-27-42(28-33-46)31-40-58-54-23-9-7-19-50(54)51-20-8-10-24-55(51)58/h1-30,32-41H,31H2. The van der Waals surface area contributed by atoms with Crippen LogP contribution in [0.25, 0.3) is 39.5 Å². The van der Waals surface area contributed by atoms with Crippen LogP contribution in [0.2, 0.25) is 0 Å². The number of allylic oxidation sites excluding steroid dienone is 1. The van der Waals surface area contributed by atoms with Crippen molar-refractivity contribution in [1.82, 2.24) is 0 Å². The van der Waals surface area contributed by atoms with Crippen LogP contribution in [0, 0.1) is 0 Å². The van der Waals surface area contributed by atoms with Gasteiger partial charge in [-0.15, -0.1) is 0 Å². The van der Waals surface area contributed by atoms with Crippen LogP contribution in [0.4, 0.5) is 34.1 Å². The first-order valence-corrected chi connectivity index (χ1v) is 21.1. The molecule has 0 radical (unpaired) electrons. The predicted octanol–water partition coefficient (Wildman–Crippen LogP) is 15.9. The van der Waals surface area contributed by atoms with Crippen molar-refractivity contribution in [2.45, 2.75) is 6.42 Å². The van der Waals surface area contributed by atoms with Gasteiger partial charge in [0, 0.05) is 34.1 Å². The summed E-state index contributed by atoms with van der Waals surface area (Å²) in [5, 5.41) is 0. The van der Waals surface area contributed by atoms with Crippen LogP contribution < -0.4 is 9.80 Å². The molecule has 0 aliphatic heterocycles. The van der Waals surface area contributed by atoms with Gasteiger partial charge in [-0.05, 0) is 152 Å². The molecule has 2 heteroatoms. The van der Waals surface area contributed by atoms with E-state index in [1.807, 2.05) is 0 Å². The van der Waals surface area contributed by atoms with Crippen LogP contribution in [0.1, 0.15) is 33.4 Å². The lowest BCUT2D eigenvalue weighted by atomic mass is 10.0. The summed E-state index contributed by atoms with van der Waals surface area (Å²) < 4.78 is 0. The maximum Gasteiger partial charge on any atom is 0.0463 e. The highest BCUT2D eigenvalue weighted by atomic mass is 15.2. The van der Waals surface area contributed by atoms with Gasteiger partial charge in [0.25, 0.3) is 0 Å². The van der Waals surface area contributed by atoms with Crippen LogP contribution in [0.3, 0.4) is 0 Å². The third kappa shape index (κ3) is 6.75. The minimum atomic E-state index is 0.845. The highest BCUT2D eigenvalue weighted by Gasteiger charge is 2.24. The summed E-state index contributed by atoms with van der Waals surface area (Å²) in [7, 11) is 0. The number of nitrogens with zero attached hydrogens (tertiary/aromatic N) is 2. The SMILES string of the molecule is C(Cc1ccc(N(c2ccc(C=C3c4ccccc4-c4ccccc43)cc2)c2ccc(N(c3ccccc3)c3ccccc3)cc2)cc1)=C1c2ccccc2-c2ccccc21. The Morgan fingerprint density at radius 2 is 0.557 bits per heavy atom. The molecule has 0 fully saturated rings. The third-order valence-electron chi connectivity index (χ3n) is 12.0. The molecule has 9 aromatic carbocycles. The van der Waals surface area contributed by atoms with Gasteiger partial charge < -0.3 is 9.80 Å². The number of anilines is 6. The van der Waals surface area contributed by atoms with Crippen molar-refractivity contribution in [1.29, 1.82) is 0 Å². The van der Waals surface area contributed by atoms with E-state index < -0.39 is 0 Å². The van der Waals surface area contributed by atoms with Crippen LogP contribution in [-0.2, 0) is 6.42 Å². The number of fused-ring (bicyclic) bond motifs is 6. The van der Waals surface area contributed by atoms with Crippen LogP contribution in [0.15, 0.2) is 237 Å². The van der Waals surface area contributed by atoms with Gasteiger partial charge in [0.05, 0.1) is 0 Å². The van der Waals surface area contributed by atoms with Crippen LogP contribution in [0.5, 0.6) is 0 Å². The van der Waals surface area contributed by atoms with E-state index in [1.165, 1.54) is 66.8 Å². The molecule has 0 bridgehead atoms. The molecule has 0 heterocycles. The van der Waals surface area contributed by atoms with Gasteiger partial charge in [0.2, 0.25) is 0 Å². The van der Waals surface area contributed by atoms with Gasteiger partial charge in [-0.25, -0.2) is 0 Å². The van der Waals surface area contributed by atoms with E-state index in [2.05, 4.69) is 252 Å². The van der Waals surface area contributed by atoms with E-state index >= 15 is 0 Å². The molecule has 0 saturated heterocycles. The number of hydrogen-bond acceptors (Lipinski definition) is 2. The molecule has 0 spiro atoms. The lowest BCUT2D eigenvalue weighted by Crippen LogP contribution is -2.12. The second-order valence-electron chi connectivity index (χ2n) is 15.7. The molecular weight excluding hydrogens is 737 g/mol. The second kappa shape index (κ2) is 15.7. The van der Waals surface area contributed by atoms with E-state index in [1.54, 1.807) is 0 Å². The van der Waals surface area contributed by atoms with Crippen molar-refractivity contribution in [2.75, 3.05) is 9.80 Å². The molecule has 9 aromatic rings. The number of para-hydroxylation sites is 2. The summed E-state index contributed by atoms with van der Waals surface area (Å²) in [6.45, 7) is 0. The highest BCUT2D eigenvalue weighted by molar-refractivity contribution is 6.06. The first-order chi connectivity index (χ1) is 30.3. The monoisotopic (exact) mass is 778 g/mol. The van der Waals surface area contributed by atoms with Crippen molar-refractivity contribution in [3.8, 4) is 22.3 Å². The molecule has 0 atom stereocenters. The lowest BCUT2D eigenvalue weighted by Gasteiger charge is -2.28. The Labute approximate surface area is 358 Å². The van der Waals surface area contributed by atoms with Crippen molar-refractivity contribution in [2.24, 2.45) is 0 Å². The fourth-order valence-corrected chi connectivity index (χ4v) is 9.16. The largest absolute Gasteiger partial charge is 0.311 e. The maximum absolute atomic E-state index is 2.40. The van der Waals surface area contributed by atoms with Gasteiger partial charge in [-0.3, -0.25) is 0 Å². The fourth-order valence-electron chi connectivity index (χ4n) is 9.16. The molecule has 0 N–H and O–H groups in total. The smallest absolute Gasteiger partial charge is 0.0463 e. The highest BCUT2D eigenvalue weighted by Crippen LogP contribution is 2.46. The summed E-state index contributed by atoms with van der Waals surface area (Å²) in [6, 6.07) is 83.2. The van der Waals surface area contributed by atoms with Crippen molar-refractivity contribution in [3.05, 3.63) is 270 Å². The zero-order valence-electron chi connectivity index (χ0n) is 33.7. The Balaban J connectivity index is 0.949. The van der Waals surface area contributed by atoms with Crippen molar-refractivity contribution in [3.63, 3.8) is 0 Å². The molecule has 0 amide bonds. The molecule has 288 valence electrons. The minimum absolute atomic E-state index is 0.845. The normalized spacial score (nSPS) is 11.9. The Morgan fingerprint density at radius 1 is 0.262 bits per heavy atom. The Kier molecular flexibility index (Phi) is 9.29. The molecule has 0 saturated carbocycles. The van der Waals surface area contributed by atoms with Crippen LogP contribution in [-0.4, -0.2) is 0 Å². The predicted molar refractivity (Wildman–Crippen MR) is 257 cm³/mol. The number of benzene rings is 9. The average molecular weight is 779 g/mol. The van der Waals surface area contributed by atoms with Gasteiger partial charge in [-0.1, -0.05) is 164 Å². The van der Waals surface area contributed by atoms with E-state index in [9.17, 15) is 0 Å². The van der Waals surface area contributed by atoms with Gasteiger partial charge in [-0.2, -0.15) is 0 Å². The molecule has 0 unspecified atom stereocenters. The van der Waals surface area contributed by atoms with Crippen molar-refractivity contribution >= 4 is 51.3 Å². The van der Waals surface area contributed by atoms with Gasteiger partial charge in [0.15, 0.2) is 0 Å². The van der Waals surface area contributed by atoms with E-state index in [0.717, 1.165) is 40.5 Å². The second-order valence-corrected chi connectivity index (χ2v) is 15.7. The van der Waals surface area contributed by atoms with E-state index in [-0.39, 0.29) is 0 Å². The zero-order chi connectivity index (χ0) is 40.5. The van der Waals surface area contributed by atoms with Gasteiger partial charge in [0.1, 0.15) is 0 Å². The minimum Gasteiger partial charge on any atom is -0.311 e. The number of hydrogen-bond donors (Lipinski definition) is 0. The first-order valence-electron chi connectivity index (χ1n) is 21.1. The molecule has 2 nitrogen and oxygen atoms in total. The topological polar surface area (TPSA) is 6.48 Å². The Hall–Kier alpha value is -7.94. The van der Waals surface area contributed by atoms with E-state index in [0.29, 0.717) is 0 Å². The molecule has 11 rings (SSSR count). The Bertz CT molecular complexity index is 2930. The summed E-state index contributed by atoms with van der Waals surface area (Å²) in [4.78, 5) is 4.67. The van der Waals surface area contributed by atoms with Crippen LogP contribution >= 0.6 is 0 Å². The Morgan fingerprint density at radius 3 is 0.951 bits per heavy atom. The first kappa shape index (κ1) is 36.2. The third-order valence-corrected chi connectivity index (χ3v) is 12.0. The van der Waals surface area contributed by atoms with Gasteiger partial charge >= 0.3 is 0 Å². The number of rotatable bonds is 9. The molecular formula is C59H42N2. The molecule has 0 aromatic heterocycles. The quantitative estimate of drug-likeness (QED) is 0.144. The summed E-state index contributed by atoms with van der Waals surface area (Å²) >= 11 is 0. The summed E-state index contributed by atoms with van der Waals surface area (Å²) in [6.07, 6.45) is 5.58. The zero-order valence-corrected chi connectivity index (χ0v) is 33.7.